The molecule has 0 aromatic carbocycles. The van der Waals surface area contributed by atoms with Crippen molar-refractivity contribution < 1.29 is 19.2 Å². The molecule has 2 aromatic heterocycles. The van der Waals surface area contributed by atoms with Gasteiger partial charge in [0, 0.05) is 33.4 Å². The number of nitrogens with zero attached hydrogens (tertiary/aromatic N) is 4. The Kier molecular flexibility index (Phi) is 9.12. The lowest BCUT2D eigenvalue weighted by Gasteiger charge is -2.54. The van der Waals surface area contributed by atoms with Crippen LogP contribution in [0.2, 0.25) is 0 Å². The molecule has 3 N–H and O–H groups in total. The molecule has 0 saturated heterocycles. The molecule has 12 nitrogen and oxygen atoms in total. The van der Waals surface area contributed by atoms with Gasteiger partial charge in [-0.25, -0.2) is 4.98 Å². The van der Waals surface area contributed by atoms with Crippen LogP contribution in [0.4, 0.5) is 5.69 Å². The Morgan fingerprint density at radius 2 is 1.79 bits per heavy atom. The maximum atomic E-state index is 13.4. The first-order valence-corrected chi connectivity index (χ1v) is 15.0. The van der Waals surface area contributed by atoms with Gasteiger partial charge in [0.25, 0.3) is 11.5 Å². The van der Waals surface area contributed by atoms with E-state index in [1.54, 1.807) is 33.3 Å². The molecule has 4 saturated carbocycles. The van der Waals surface area contributed by atoms with Crippen LogP contribution in [0.3, 0.4) is 0 Å². The molecule has 4 amide bonds. The quantitative estimate of drug-likeness (QED) is 0.339. The molecule has 43 heavy (non-hydrogen) atoms. The number of rotatable bonds is 11. The van der Waals surface area contributed by atoms with Crippen LogP contribution < -0.4 is 21.5 Å². The second-order valence-corrected chi connectivity index (χ2v) is 12.5. The monoisotopic (exact) mass is 591 g/mol. The van der Waals surface area contributed by atoms with Gasteiger partial charge in [0.1, 0.15) is 24.0 Å². The van der Waals surface area contributed by atoms with Gasteiger partial charge in [-0.05, 0) is 86.8 Å². The molecule has 4 bridgehead atoms. The van der Waals surface area contributed by atoms with Crippen molar-refractivity contribution in [2.45, 2.75) is 63.6 Å². The predicted molar refractivity (Wildman–Crippen MR) is 160 cm³/mol. The van der Waals surface area contributed by atoms with Crippen molar-refractivity contribution in [3.05, 3.63) is 59.1 Å². The Morgan fingerprint density at radius 1 is 1.09 bits per heavy atom. The van der Waals surface area contributed by atoms with Gasteiger partial charge < -0.3 is 30.0 Å². The van der Waals surface area contributed by atoms with Crippen molar-refractivity contribution in [1.29, 1.82) is 0 Å². The summed E-state index contributed by atoms with van der Waals surface area (Å²) in [6, 6.07) is 2.24. The number of allylic oxidation sites excluding steroid dienone is 1. The lowest BCUT2D eigenvalue weighted by Crippen LogP contribution is -2.56. The zero-order valence-corrected chi connectivity index (χ0v) is 25.0. The second kappa shape index (κ2) is 13.0. The fourth-order valence-electron chi connectivity index (χ4n) is 7.20. The van der Waals surface area contributed by atoms with E-state index < -0.39 is 23.4 Å². The number of aromatic nitrogens is 3. The molecule has 12 heteroatoms. The highest BCUT2D eigenvalue weighted by molar-refractivity contribution is 6.00. The van der Waals surface area contributed by atoms with Gasteiger partial charge >= 0.3 is 0 Å². The number of nitrogens with one attached hydrogen (secondary N) is 3. The summed E-state index contributed by atoms with van der Waals surface area (Å²) in [6.45, 7) is -0.142. The van der Waals surface area contributed by atoms with Crippen LogP contribution in [0.5, 0.6) is 0 Å². The van der Waals surface area contributed by atoms with E-state index in [0.717, 1.165) is 11.8 Å². The topological polar surface area (TPSA) is 147 Å². The molecule has 2 aromatic rings. The molecule has 2 heterocycles. The molecular weight excluding hydrogens is 550 g/mol. The van der Waals surface area contributed by atoms with E-state index >= 15 is 0 Å². The number of hydrogen-bond acceptors (Lipinski definition) is 6. The number of amides is 4. The SMILES string of the molecule is CN(C)C(=O)/C=C/CC[C@H](NC(=O)c1cncn1C)C(=O)Nc1cccn(CC(=O)NC2C3CC4CC(C3)CC2C4)c1=O. The van der Waals surface area contributed by atoms with Gasteiger partial charge in [0.15, 0.2) is 0 Å². The molecule has 0 radical (unpaired) electrons. The molecule has 1 atom stereocenters. The molecule has 0 unspecified atom stereocenters. The summed E-state index contributed by atoms with van der Waals surface area (Å²) in [5.74, 6) is 1.16. The van der Waals surface area contributed by atoms with Crippen LogP contribution in [-0.4, -0.2) is 68.8 Å². The summed E-state index contributed by atoms with van der Waals surface area (Å²) in [5, 5.41) is 8.58. The molecule has 4 aliphatic rings. The molecule has 4 aliphatic carbocycles. The highest BCUT2D eigenvalue weighted by atomic mass is 16.2. The Labute approximate surface area is 250 Å². The standard InChI is InChI=1S/C31H41N7O5/c1-36(2)27(40)9-5-4-7-23(33-30(42)25-16-32-18-37(25)3)29(41)34-24-8-6-10-38(31(24)43)17-26(39)35-28-21-12-19-11-20(14-21)15-22(28)13-19/h5-6,8-10,16,18-23,28H,4,7,11-15,17H2,1-3H3,(H,33,42)(H,34,41)(H,35,39)/b9-5+/t19?,20?,21?,22?,23-,28?/m0/s1. The number of pyridine rings is 1. The van der Waals surface area contributed by atoms with Gasteiger partial charge in [0.2, 0.25) is 17.7 Å². The number of carbonyl (C=O) groups excluding carboxylic acids is 4. The first-order valence-electron chi connectivity index (χ1n) is 15.0. The smallest absolute Gasteiger partial charge is 0.274 e. The molecule has 0 spiro atoms. The van der Waals surface area contributed by atoms with Crippen LogP contribution in [0.15, 0.2) is 47.8 Å². The Balaban J connectivity index is 1.23. The maximum absolute atomic E-state index is 13.4. The van der Waals surface area contributed by atoms with E-state index in [-0.39, 0.29) is 42.2 Å². The van der Waals surface area contributed by atoms with Crippen molar-refractivity contribution in [3.63, 3.8) is 0 Å². The Bertz CT molecular complexity index is 1430. The van der Waals surface area contributed by atoms with Gasteiger partial charge in [-0.15, -0.1) is 0 Å². The van der Waals surface area contributed by atoms with Crippen molar-refractivity contribution in [2.75, 3.05) is 19.4 Å². The largest absolute Gasteiger partial charge is 0.351 e. The summed E-state index contributed by atoms with van der Waals surface area (Å²) in [4.78, 5) is 69.8. The Hall–Kier alpha value is -4.22. The van der Waals surface area contributed by atoms with Crippen molar-refractivity contribution in [3.8, 4) is 0 Å². The number of carbonyl (C=O) groups is 4. The van der Waals surface area contributed by atoms with Crippen LogP contribution in [0.25, 0.3) is 0 Å². The summed E-state index contributed by atoms with van der Waals surface area (Å²) in [5.41, 5.74) is -0.236. The molecular formula is C31H41N7O5. The predicted octanol–water partition coefficient (Wildman–Crippen LogP) is 1.68. The Morgan fingerprint density at radius 3 is 2.42 bits per heavy atom. The highest BCUT2D eigenvalue weighted by Gasteiger charge is 2.48. The fraction of sp³-hybridized carbons (Fsp3) is 0.548. The normalized spacial score (nSPS) is 24.5. The van der Waals surface area contributed by atoms with Gasteiger partial charge in [-0.3, -0.25) is 24.0 Å². The number of aryl methyl sites for hydroxylation is 1. The van der Waals surface area contributed by atoms with E-state index in [1.807, 2.05) is 0 Å². The molecule has 4 fully saturated rings. The minimum absolute atomic E-state index is 0.00744. The lowest BCUT2D eigenvalue weighted by molar-refractivity contribution is -0.126. The zero-order valence-electron chi connectivity index (χ0n) is 25.0. The number of likely N-dealkylation sites (N-methyl/N-ethyl adjacent to an activating group) is 1. The summed E-state index contributed by atoms with van der Waals surface area (Å²) in [7, 11) is 4.94. The number of hydrogen-bond donors (Lipinski definition) is 3. The van der Waals surface area contributed by atoms with Gasteiger partial charge in [-0.1, -0.05) is 6.08 Å². The zero-order chi connectivity index (χ0) is 30.7. The minimum atomic E-state index is -1.00. The van der Waals surface area contributed by atoms with Crippen molar-refractivity contribution in [1.82, 2.24) is 29.7 Å². The third-order valence-electron chi connectivity index (χ3n) is 9.14. The third-order valence-corrected chi connectivity index (χ3v) is 9.14. The first kappa shape index (κ1) is 30.2. The van der Waals surface area contributed by atoms with Crippen molar-refractivity contribution in [2.24, 2.45) is 30.7 Å². The molecule has 0 aliphatic heterocycles. The summed E-state index contributed by atoms with van der Waals surface area (Å²) >= 11 is 0. The lowest BCUT2D eigenvalue weighted by atomic mass is 9.54. The van der Waals surface area contributed by atoms with E-state index in [1.165, 1.54) is 77.0 Å². The third kappa shape index (κ3) is 7.06. The molecule has 6 rings (SSSR count). The van der Waals surface area contributed by atoms with E-state index in [0.29, 0.717) is 18.3 Å². The number of anilines is 1. The second-order valence-electron chi connectivity index (χ2n) is 12.5. The van der Waals surface area contributed by atoms with Crippen LogP contribution >= 0.6 is 0 Å². The van der Waals surface area contributed by atoms with Gasteiger partial charge in [-0.2, -0.15) is 0 Å². The van der Waals surface area contributed by atoms with Crippen LogP contribution in [0, 0.1) is 23.7 Å². The van der Waals surface area contributed by atoms with Crippen LogP contribution in [-0.2, 0) is 28.0 Å². The minimum Gasteiger partial charge on any atom is -0.351 e. The molecule has 230 valence electrons. The first-order chi connectivity index (χ1) is 20.6. The van der Waals surface area contributed by atoms with E-state index in [2.05, 4.69) is 20.9 Å². The average Bonchev–Trinajstić information content (AvgIpc) is 3.39. The number of imidazole rings is 1. The van der Waals surface area contributed by atoms with E-state index in [9.17, 15) is 24.0 Å². The maximum Gasteiger partial charge on any atom is 0.274 e. The highest BCUT2D eigenvalue weighted by Crippen LogP contribution is 2.53. The van der Waals surface area contributed by atoms with E-state index in [4.69, 9.17) is 0 Å². The summed E-state index contributed by atoms with van der Waals surface area (Å²) < 4.78 is 2.82. The fourth-order valence-corrected chi connectivity index (χ4v) is 7.20. The van der Waals surface area contributed by atoms with Crippen LogP contribution in [0.1, 0.15) is 55.4 Å². The van der Waals surface area contributed by atoms with Gasteiger partial charge in [0.05, 0.1) is 12.5 Å². The average molecular weight is 592 g/mol. The summed E-state index contributed by atoms with van der Waals surface area (Å²) in [6.07, 6.45) is 14.0. The van der Waals surface area contributed by atoms with Crippen molar-refractivity contribution >= 4 is 29.3 Å².